The van der Waals surface area contributed by atoms with Crippen molar-refractivity contribution in [2.24, 2.45) is 0 Å². The van der Waals surface area contributed by atoms with Crippen LogP contribution in [0.5, 0.6) is 0 Å². The van der Waals surface area contributed by atoms with E-state index in [4.69, 9.17) is 32.7 Å². The minimum atomic E-state index is 0.744. The molecule has 0 aromatic carbocycles. The minimum Gasteiger partial charge on any atom is -0.379 e. The zero-order valence-electron chi connectivity index (χ0n) is 15.7. The standard InChI is InChI=1S/C20H40Cl2O2/c21-15-11-7-3-1-5-9-13-17-23-19-20-24-18-14-10-6-2-4-8-12-16-22/h1-20H2. The third-order valence-corrected chi connectivity index (χ3v) is 4.75. The molecule has 0 N–H and O–H groups in total. The molecule has 0 saturated heterocycles. The summed E-state index contributed by atoms with van der Waals surface area (Å²) in [6.45, 7) is 3.25. The van der Waals surface area contributed by atoms with Gasteiger partial charge in [0.2, 0.25) is 0 Å². The van der Waals surface area contributed by atoms with Gasteiger partial charge in [-0.2, -0.15) is 0 Å². The molecule has 0 heterocycles. The second-order valence-electron chi connectivity index (χ2n) is 6.55. The molecule has 0 amide bonds. The first kappa shape index (κ1) is 24.5. The van der Waals surface area contributed by atoms with E-state index in [1.165, 1.54) is 89.9 Å². The smallest absolute Gasteiger partial charge is 0.0700 e. The fraction of sp³-hybridized carbons (Fsp3) is 1.00. The Labute approximate surface area is 161 Å². The first-order valence-electron chi connectivity index (χ1n) is 10.2. The van der Waals surface area contributed by atoms with Crippen molar-refractivity contribution in [3.63, 3.8) is 0 Å². The Balaban J connectivity index is 2.93. The van der Waals surface area contributed by atoms with Gasteiger partial charge in [0.1, 0.15) is 0 Å². The zero-order chi connectivity index (χ0) is 17.6. The van der Waals surface area contributed by atoms with E-state index in [0.29, 0.717) is 0 Å². The Bertz CT molecular complexity index is 194. The number of hydrogen-bond acceptors (Lipinski definition) is 2. The molecule has 0 aliphatic rings. The summed E-state index contributed by atoms with van der Waals surface area (Å²) in [5.74, 6) is 1.62. The van der Waals surface area contributed by atoms with Crippen molar-refractivity contribution in [1.82, 2.24) is 0 Å². The Hall–Kier alpha value is 0.500. The molecule has 0 bridgehead atoms. The maximum absolute atomic E-state index is 5.66. The lowest BCUT2D eigenvalue weighted by Crippen LogP contribution is -2.06. The molecule has 0 unspecified atom stereocenters. The van der Waals surface area contributed by atoms with Gasteiger partial charge in [-0.3, -0.25) is 0 Å². The molecule has 0 saturated carbocycles. The summed E-state index contributed by atoms with van der Waals surface area (Å²) in [7, 11) is 0. The molecule has 0 rings (SSSR count). The first-order chi connectivity index (χ1) is 11.9. The summed E-state index contributed by atoms with van der Waals surface area (Å²) < 4.78 is 11.2. The molecule has 2 nitrogen and oxygen atoms in total. The monoisotopic (exact) mass is 382 g/mol. The van der Waals surface area contributed by atoms with Crippen LogP contribution >= 0.6 is 23.2 Å². The van der Waals surface area contributed by atoms with Crippen molar-refractivity contribution in [3.8, 4) is 0 Å². The highest BCUT2D eigenvalue weighted by molar-refractivity contribution is 6.18. The molecular weight excluding hydrogens is 343 g/mol. The number of ether oxygens (including phenoxy) is 2. The molecule has 0 fully saturated rings. The van der Waals surface area contributed by atoms with Crippen LogP contribution in [0.3, 0.4) is 0 Å². The second-order valence-corrected chi connectivity index (χ2v) is 7.31. The maximum atomic E-state index is 5.66. The van der Waals surface area contributed by atoms with Crippen molar-refractivity contribution < 1.29 is 9.47 Å². The van der Waals surface area contributed by atoms with E-state index in [2.05, 4.69) is 0 Å². The molecule has 0 atom stereocenters. The molecule has 146 valence electrons. The molecule has 0 aliphatic heterocycles. The lowest BCUT2D eigenvalue weighted by Gasteiger charge is -2.06. The summed E-state index contributed by atoms with van der Waals surface area (Å²) >= 11 is 11.3. The Morgan fingerprint density at radius 1 is 0.333 bits per heavy atom. The van der Waals surface area contributed by atoms with Crippen molar-refractivity contribution in [2.45, 2.75) is 89.9 Å². The molecule has 0 radical (unpaired) electrons. The fourth-order valence-corrected chi connectivity index (χ4v) is 3.06. The van der Waals surface area contributed by atoms with Crippen LogP contribution < -0.4 is 0 Å². The summed E-state index contributed by atoms with van der Waals surface area (Å²) in [5.41, 5.74) is 0. The topological polar surface area (TPSA) is 18.5 Å². The zero-order valence-corrected chi connectivity index (χ0v) is 17.2. The van der Waals surface area contributed by atoms with E-state index in [9.17, 15) is 0 Å². The van der Waals surface area contributed by atoms with E-state index >= 15 is 0 Å². The average molecular weight is 383 g/mol. The highest BCUT2D eigenvalue weighted by Gasteiger charge is 1.95. The highest BCUT2D eigenvalue weighted by Crippen LogP contribution is 2.08. The number of halogens is 2. The molecule has 0 spiro atoms. The van der Waals surface area contributed by atoms with Crippen LogP contribution in [0.15, 0.2) is 0 Å². The van der Waals surface area contributed by atoms with Gasteiger partial charge in [-0.15, -0.1) is 23.2 Å². The van der Waals surface area contributed by atoms with E-state index < -0.39 is 0 Å². The lowest BCUT2D eigenvalue weighted by atomic mass is 10.1. The van der Waals surface area contributed by atoms with E-state index in [1.807, 2.05) is 0 Å². The Kier molecular flexibility index (Phi) is 24.0. The predicted molar refractivity (Wildman–Crippen MR) is 108 cm³/mol. The maximum Gasteiger partial charge on any atom is 0.0700 e. The molecule has 0 aromatic rings. The largest absolute Gasteiger partial charge is 0.379 e. The molecule has 24 heavy (non-hydrogen) atoms. The van der Waals surface area contributed by atoms with Crippen molar-refractivity contribution in [1.29, 1.82) is 0 Å². The molecule has 0 aromatic heterocycles. The number of hydrogen-bond donors (Lipinski definition) is 0. The third kappa shape index (κ3) is 22.5. The normalized spacial score (nSPS) is 11.2. The van der Waals surface area contributed by atoms with Gasteiger partial charge in [-0.05, 0) is 25.7 Å². The van der Waals surface area contributed by atoms with E-state index in [1.54, 1.807) is 0 Å². The average Bonchev–Trinajstić information content (AvgIpc) is 2.60. The van der Waals surface area contributed by atoms with Gasteiger partial charge in [-0.25, -0.2) is 0 Å². The van der Waals surface area contributed by atoms with Crippen LogP contribution in [0.4, 0.5) is 0 Å². The van der Waals surface area contributed by atoms with Crippen LogP contribution in [-0.4, -0.2) is 38.2 Å². The van der Waals surface area contributed by atoms with Crippen LogP contribution in [-0.2, 0) is 9.47 Å². The first-order valence-corrected chi connectivity index (χ1v) is 11.3. The van der Waals surface area contributed by atoms with Crippen LogP contribution in [0.1, 0.15) is 89.9 Å². The fourth-order valence-electron chi connectivity index (χ4n) is 2.69. The number of alkyl halides is 2. The SMILES string of the molecule is ClCCCCCCCCCOCCOCCCCCCCCCCl. The van der Waals surface area contributed by atoms with Gasteiger partial charge >= 0.3 is 0 Å². The van der Waals surface area contributed by atoms with Crippen LogP contribution in [0, 0.1) is 0 Å². The van der Waals surface area contributed by atoms with E-state index in [0.717, 1.165) is 38.2 Å². The summed E-state index contributed by atoms with van der Waals surface area (Å²) in [5, 5.41) is 0. The molecule has 0 aliphatic carbocycles. The van der Waals surface area contributed by atoms with Gasteiger partial charge < -0.3 is 9.47 Å². The highest BCUT2D eigenvalue weighted by atomic mass is 35.5. The second kappa shape index (κ2) is 23.5. The third-order valence-electron chi connectivity index (χ3n) is 4.22. The number of rotatable bonds is 21. The van der Waals surface area contributed by atoms with Crippen LogP contribution in [0.25, 0.3) is 0 Å². The molecular formula is C20H40Cl2O2. The van der Waals surface area contributed by atoms with Gasteiger partial charge in [0.05, 0.1) is 13.2 Å². The van der Waals surface area contributed by atoms with E-state index in [-0.39, 0.29) is 0 Å². The predicted octanol–water partition coefficient (Wildman–Crippen LogP) is 6.96. The van der Waals surface area contributed by atoms with Gasteiger partial charge in [0, 0.05) is 25.0 Å². The summed E-state index contributed by atoms with van der Waals surface area (Å²) in [4.78, 5) is 0. The quantitative estimate of drug-likeness (QED) is 0.158. The Morgan fingerprint density at radius 3 is 0.958 bits per heavy atom. The van der Waals surface area contributed by atoms with Crippen molar-refractivity contribution in [3.05, 3.63) is 0 Å². The van der Waals surface area contributed by atoms with Gasteiger partial charge in [0.25, 0.3) is 0 Å². The van der Waals surface area contributed by atoms with Crippen molar-refractivity contribution in [2.75, 3.05) is 38.2 Å². The van der Waals surface area contributed by atoms with Gasteiger partial charge in [-0.1, -0.05) is 64.2 Å². The summed E-state index contributed by atoms with van der Waals surface area (Å²) in [6, 6.07) is 0. The van der Waals surface area contributed by atoms with Gasteiger partial charge in [0.15, 0.2) is 0 Å². The molecule has 4 heteroatoms. The van der Waals surface area contributed by atoms with Crippen LogP contribution in [0.2, 0.25) is 0 Å². The summed E-state index contributed by atoms with van der Waals surface area (Å²) in [6.07, 6.45) is 17.8. The minimum absolute atomic E-state index is 0.744. The lowest BCUT2D eigenvalue weighted by molar-refractivity contribution is 0.0448. The number of unbranched alkanes of at least 4 members (excludes halogenated alkanes) is 12. The van der Waals surface area contributed by atoms with Crippen molar-refractivity contribution >= 4 is 23.2 Å². The Morgan fingerprint density at radius 2 is 0.625 bits per heavy atom.